The summed E-state index contributed by atoms with van der Waals surface area (Å²) >= 11 is 1.55. The predicted octanol–water partition coefficient (Wildman–Crippen LogP) is 1.93. The van der Waals surface area contributed by atoms with Gasteiger partial charge in [0.1, 0.15) is 5.82 Å². The first-order valence-corrected chi connectivity index (χ1v) is 6.32. The molecule has 1 aromatic carbocycles. The molecule has 5 heteroatoms. The van der Waals surface area contributed by atoms with Gasteiger partial charge in [0.15, 0.2) is 0 Å². The number of halogens is 1. The first-order chi connectivity index (χ1) is 7.58. The lowest BCUT2D eigenvalue weighted by atomic mass is 10.2. The molecule has 0 bridgehead atoms. The Labute approximate surface area is 99.2 Å². The van der Waals surface area contributed by atoms with E-state index in [-0.39, 0.29) is 23.7 Å². The van der Waals surface area contributed by atoms with Crippen molar-refractivity contribution in [2.45, 2.75) is 18.2 Å². The minimum absolute atomic E-state index is 0.0156. The van der Waals surface area contributed by atoms with Gasteiger partial charge in [-0.15, -0.1) is 0 Å². The van der Waals surface area contributed by atoms with Crippen LogP contribution in [0.5, 0.6) is 0 Å². The summed E-state index contributed by atoms with van der Waals surface area (Å²) in [5.74, 6) is -0.371. The van der Waals surface area contributed by atoms with Crippen molar-refractivity contribution in [2.24, 2.45) is 0 Å². The Hall–Kier alpha value is -0.940. The van der Waals surface area contributed by atoms with E-state index in [0.717, 1.165) is 0 Å². The number of nitrogens with one attached hydrogen (secondary N) is 1. The summed E-state index contributed by atoms with van der Waals surface area (Å²) in [5, 5.41) is 12.2. The van der Waals surface area contributed by atoms with Gasteiger partial charge in [0.05, 0.1) is 12.3 Å². The number of thioether (sulfide) groups is 1. The summed E-state index contributed by atoms with van der Waals surface area (Å²) in [7, 11) is 0. The van der Waals surface area contributed by atoms with Crippen molar-refractivity contribution in [3.63, 3.8) is 0 Å². The van der Waals surface area contributed by atoms with Crippen molar-refractivity contribution in [1.29, 1.82) is 0 Å². The Bertz CT molecular complexity index is 345. The van der Waals surface area contributed by atoms with Crippen LogP contribution in [0.2, 0.25) is 0 Å². The van der Waals surface area contributed by atoms with Crippen molar-refractivity contribution in [2.75, 3.05) is 23.9 Å². The monoisotopic (exact) mass is 244 g/mol. The molecule has 0 aliphatic rings. The number of nitrogens with two attached hydrogens (primary N) is 1. The second-order valence-corrected chi connectivity index (χ2v) is 4.71. The van der Waals surface area contributed by atoms with E-state index in [1.54, 1.807) is 23.9 Å². The van der Waals surface area contributed by atoms with Crippen LogP contribution in [-0.2, 0) is 0 Å². The minimum Gasteiger partial charge on any atom is -0.399 e. The van der Waals surface area contributed by atoms with Crippen molar-refractivity contribution in [3.8, 4) is 0 Å². The number of aliphatic hydroxyl groups is 1. The maximum atomic E-state index is 13.5. The predicted molar refractivity (Wildman–Crippen MR) is 68.3 cm³/mol. The summed E-state index contributed by atoms with van der Waals surface area (Å²) in [5.41, 5.74) is 6.27. The van der Waals surface area contributed by atoms with E-state index < -0.39 is 0 Å². The van der Waals surface area contributed by atoms with Crippen LogP contribution in [0.4, 0.5) is 15.8 Å². The van der Waals surface area contributed by atoms with Gasteiger partial charge in [-0.25, -0.2) is 4.39 Å². The molecule has 0 radical (unpaired) electrons. The second-order valence-electron chi connectivity index (χ2n) is 3.63. The molecule has 2 unspecified atom stereocenters. The van der Waals surface area contributed by atoms with E-state index in [0.29, 0.717) is 11.4 Å². The van der Waals surface area contributed by atoms with Gasteiger partial charge in [-0.3, -0.25) is 0 Å². The number of hydrogen-bond acceptors (Lipinski definition) is 4. The fraction of sp³-hybridized carbons (Fsp3) is 0.455. The van der Waals surface area contributed by atoms with Gasteiger partial charge in [-0.1, -0.05) is 0 Å². The fourth-order valence-corrected chi connectivity index (χ4v) is 2.05. The van der Waals surface area contributed by atoms with Crippen molar-refractivity contribution >= 4 is 23.1 Å². The number of hydrogen-bond donors (Lipinski definition) is 3. The highest BCUT2D eigenvalue weighted by molar-refractivity contribution is 7.99. The van der Waals surface area contributed by atoms with E-state index in [1.165, 1.54) is 6.07 Å². The molecule has 0 heterocycles. The number of rotatable bonds is 5. The highest BCUT2D eigenvalue weighted by atomic mass is 32.2. The van der Waals surface area contributed by atoms with Gasteiger partial charge in [0, 0.05) is 17.0 Å². The average molecular weight is 244 g/mol. The summed E-state index contributed by atoms with van der Waals surface area (Å²) in [6, 6.07) is 4.52. The zero-order chi connectivity index (χ0) is 12.1. The Kier molecular flexibility index (Phi) is 4.89. The molecule has 16 heavy (non-hydrogen) atoms. The third kappa shape index (κ3) is 3.28. The molecule has 0 amide bonds. The average Bonchev–Trinajstić information content (AvgIpc) is 2.24. The maximum absolute atomic E-state index is 13.5. The van der Waals surface area contributed by atoms with E-state index in [2.05, 4.69) is 5.32 Å². The van der Waals surface area contributed by atoms with Crippen LogP contribution < -0.4 is 11.1 Å². The normalized spacial score (nSPS) is 14.5. The van der Waals surface area contributed by atoms with Crippen LogP contribution in [0, 0.1) is 5.82 Å². The zero-order valence-electron chi connectivity index (χ0n) is 9.40. The van der Waals surface area contributed by atoms with Crippen LogP contribution in [0.1, 0.15) is 6.92 Å². The third-order valence-electron chi connectivity index (χ3n) is 2.42. The lowest BCUT2D eigenvalue weighted by Crippen LogP contribution is -2.31. The van der Waals surface area contributed by atoms with Gasteiger partial charge in [-0.05, 0) is 31.4 Å². The lowest BCUT2D eigenvalue weighted by Gasteiger charge is -2.22. The van der Waals surface area contributed by atoms with Gasteiger partial charge in [-0.2, -0.15) is 11.8 Å². The molecule has 0 saturated carbocycles. The van der Waals surface area contributed by atoms with Gasteiger partial charge >= 0.3 is 0 Å². The summed E-state index contributed by atoms with van der Waals surface area (Å²) in [6.07, 6.45) is 1.92. The summed E-state index contributed by atoms with van der Waals surface area (Å²) in [4.78, 5) is 0. The van der Waals surface area contributed by atoms with Gasteiger partial charge < -0.3 is 16.2 Å². The van der Waals surface area contributed by atoms with Crippen molar-refractivity contribution in [1.82, 2.24) is 0 Å². The third-order valence-corrected chi connectivity index (χ3v) is 3.58. The molecule has 90 valence electrons. The maximum Gasteiger partial charge on any atom is 0.148 e. The molecule has 0 aliphatic carbocycles. The van der Waals surface area contributed by atoms with Crippen molar-refractivity contribution < 1.29 is 9.50 Å². The molecule has 1 rings (SSSR count). The molecule has 0 aromatic heterocycles. The first-order valence-electron chi connectivity index (χ1n) is 5.03. The molecule has 0 fully saturated rings. The molecule has 3 nitrogen and oxygen atoms in total. The summed E-state index contributed by atoms with van der Waals surface area (Å²) in [6.45, 7) is 1.97. The number of nitrogen functional groups attached to an aromatic ring is 1. The van der Waals surface area contributed by atoms with E-state index in [9.17, 15) is 4.39 Å². The Morgan fingerprint density at radius 3 is 2.75 bits per heavy atom. The first kappa shape index (κ1) is 13.1. The van der Waals surface area contributed by atoms with Crippen LogP contribution >= 0.6 is 11.8 Å². The molecule has 0 spiro atoms. The zero-order valence-corrected chi connectivity index (χ0v) is 10.2. The highest BCUT2D eigenvalue weighted by Crippen LogP contribution is 2.20. The highest BCUT2D eigenvalue weighted by Gasteiger charge is 2.16. The smallest absolute Gasteiger partial charge is 0.148 e. The topological polar surface area (TPSA) is 58.3 Å². The van der Waals surface area contributed by atoms with E-state index in [1.807, 2.05) is 13.2 Å². The summed E-state index contributed by atoms with van der Waals surface area (Å²) < 4.78 is 13.5. The van der Waals surface area contributed by atoms with Gasteiger partial charge in [0.2, 0.25) is 0 Å². The quantitative estimate of drug-likeness (QED) is 0.693. The molecule has 2 atom stereocenters. The van der Waals surface area contributed by atoms with Crippen LogP contribution in [0.25, 0.3) is 0 Å². The van der Waals surface area contributed by atoms with Gasteiger partial charge in [0.25, 0.3) is 0 Å². The fourth-order valence-electron chi connectivity index (χ4n) is 1.42. The molecule has 0 saturated heterocycles. The molecule has 1 aromatic rings. The molecular weight excluding hydrogens is 227 g/mol. The molecule has 0 aliphatic heterocycles. The van der Waals surface area contributed by atoms with Crippen molar-refractivity contribution in [3.05, 3.63) is 24.0 Å². The SMILES string of the molecule is CSC(CO)C(C)Nc1ccc(N)cc1F. The van der Waals surface area contributed by atoms with E-state index >= 15 is 0 Å². The Morgan fingerprint density at radius 1 is 1.56 bits per heavy atom. The standard InChI is InChI=1S/C11H17FN2OS/c1-7(11(6-15)16-2)14-10-4-3-8(13)5-9(10)12/h3-5,7,11,14-15H,6,13H2,1-2H3. The largest absolute Gasteiger partial charge is 0.399 e. The number of aliphatic hydroxyl groups excluding tert-OH is 1. The van der Waals surface area contributed by atoms with Crippen LogP contribution in [0.3, 0.4) is 0 Å². The van der Waals surface area contributed by atoms with Crippen LogP contribution in [-0.4, -0.2) is 29.3 Å². The molecular formula is C11H17FN2OS. The minimum atomic E-state index is -0.371. The van der Waals surface area contributed by atoms with E-state index in [4.69, 9.17) is 10.8 Å². The number of anilines is 2. The number of benzene rings is 1. The Morgan fingerprint density at radius 2 is 2.25 bits per heavy atom. The van der Waals surface area contributed by atoms with Crippen LogP contribution in [0.15, 0.2) is 18.2 Å². The second kappa shape index (κ2) is 5.96. The lowest BCUT2D eigenvalue weighted by molar-refractivity contribution is 0.288. The Balaban J connectivity index is 2.72. The molecule has 4 N–H and O–H groups in total.